The van der Waals surface area contributed by atoms with Gasteiger partial charge in [0.05, 0.1) is 12.1 Å². The molecule has 0 aromatic heterocycles. The Balaban J connectivity index is 2.76. The molecule has 0 fully saturated rings. The summed E-state index contributed by atoms with van der Waals surface area (Å²) in [6, 6.07) is 4.79. The molecule has 1 aromatic carbocycles. The minimum Gasteiger partial charge on any atom is -0.369 e. The van der Waals surface area contributed by atoms with Crippen molar-refractivity contribution in [2.75, 3.05) is 23.3 Å². The number of anilines is 2. The van der Waals surface area contributed by atoms with Gasteiger partial charge in [-0.3, -0.25) is 9.59 Å². The Hall–Kier alpha value is -1.91. The maximum absolute atomic E-state index is 14.7. The molecule has 0 radical (unpaired) electrons. The van der Waals surface area contributed by atoms with Crippen molar-refractivity contribution in [1.29, 1.82) is 0 Å². The molecule has 0 aliphatic carbocycles. The number of unbranched alkanes of at least 4 members (excludes halogenated alkanes) is 6. The summed E-state index contributed by atoms with van der Waals surface area (Å²) in [7, 11) is 0. The zero-order valence-corrected chi connectivity index (χ0v) is 17.2. The number of amides is 1. The molecular weight excluding hydrogens is 343 g/mol. The largest absolute Gasteiger partial charge is 0.369 e. The number of nitrogens with zero attached hydrogens (tertiary/aromatic N) is 1. The molecule has 0 heterocycles. The molecule has 1 N–H and O–H groups in total. The summed E-state index contributed by atoms with van der Waals surface area (Å²) in [6.07, 6.45) is 8.99. The molecule has 0 unspecified atom stereocenters. The SMILES string of the molecule is CCCCCCN(CCCCCC)c1ccc(NC(=O)CC(C)=O)cc1F. The predicted octanol–water partition coefficient (Wildman–Crippen LogP) is 5.71. The first-order valence-corrected chi connectivity index (χ1v) is 10.3. The number of hydrogen-bond donors (Lipinski definition) is 1. The van der Waals surface area contributed by atoms with Gasteiger partial charge in [0, 0.05) is 18.8 Å². The number of halogens is 1. The monoisotopic (exact) mass is 378 g/mol. The third kappa shape index (κ3) is 9.55. The Morgan fingerprint density at radius 3 is 2.04 bits per heavy atom. The number of carbonyl (C=O) groups excluding carboxylic acids is 2. The van der Waals surface area contributed by atoms with Gasteiger partial charge in [0.2, 0.25) is 5.91 Å². The molecule has 0 atom stereocenters. The van der Waals surface area contributed by atoms with Gasteiger partial charge in [-0.15, -0.1) is 0 Å². The molecule has 27 heavy (non-hydrogen) atoms. The van der Waals surface area contributed by atoms with E-state index in [-0.39, 0.29) is 18.0 Å². The number of carbonyl (C=O) groups is 2. The molecule has 4 nitrogen and oxygen atoms in total. The van der Waals surface area contributed by atoms with E-state index >= 15 is 0 Å². The molecule has 1 amide bonds. The van der Waals surface area contributed by atoms with Crippen LogP contribution < -0.4 is 10.2 Å². The third-order valence-electron chi connectivity index (χ3n) is 4.54. The summed E-state index contributed by atoms with van der Waals surface area (Å²) in [4.78, 5) is 24.8. The lowest BCUT2D eigenvalue weighted by atomic mass is 10.1. The quantitative estimate of drug-likeness (QED) is 0.333. The Morgan fingerprint density at radius 1 is 0.963 bits per heavy atom. The lowest BCUT2D eigenvalue weighted by molar-refractivity contribution is -0.124. The highest BCUT2D eigenvalue weighted by Gasteiger charge is 2.13. The van der Waals surface area contributed by atoms with E-state index in [0.29, 0.717) is 11.4 Å². The molecule has 1 rings (SSSR count). The topological polar surface area (TPSA) is 49.4 Å². The van der Waals surface area contributed by atoms with E-state index in [9.17, 15) is 14.0 Å². The van der Waals surface area contributed by atoms with Gasteiger partial charge < -0.3 is 10.2 Å². The highest BCUT2D eigenvalue weighted by Crippen LogP contribution is 2.24. The maximum atomic E-state index is 14.7. The maximum Gasteiger partial charge on any atom is 0.231 e. The van der Waals surface area contributed by atoms with Crippen LogP contribution in [0.1, 0.15) is 78.6 Å². The minimum atomic E-state index is -0.411. The zero-order valence-electron chi connectivity index (χ0n) is 17.2. The Bertz CT molecular complexity index is 578. The van der Waals surface area contributed by atoms with E-state index in [2.05, 4.69) is 24.1 Å². The van der Waals surface area contributed by atoms with E-state index in [0.717, 1.165) is 38.8 Å². The number of nitrogens with one attached hydrogen (secondary N) is 1. The highest BCUT2D eigenvalue weighted by molar-refractivity contribution is 6.03. The lowest BCUT2D eigenvalue weighted by Crippen LogP contribution is -2.27. The second-order valence-electron chi connectivity index (χ2n) is 7.20. The molecule has 0 saturated heterocycles. The van der Waals surface area contributed by atoms with Crippen LogP contribution in [-0.4, -0.2) is 24.8 Å². The Morgan fingerprint density at radius 2 is 1.56 bits per heavy atom. The van der Waals surface area contributed by atoms with Crippen molar-refractivity contribution in [3.05, 3.63) is 24.0 Å². The van der Waals surface area contributed by atoms with Crippen molar-refractivity contribution < 1.29 is 14.0 Å². The molecule has 1 aromatic rings. The smallest absolute Gasteiger partial charge is 0.231 e. The number of ketones is 1. The second-order valence-corrected chi connectivity index (χ2v) is 7.20. The molecule has 152 valence electrons. The number of rotatable bonds is 14. The van der Waals surface area contributed by atoms with Gasteiger partial charge in [-0.25, -0.2) is 4.39 Å². The van der Waals surface area contributed by atoms with E-state index < -0.39 is 5.91 Å². The average Bonchev–Trinajstić information content (AvgIpc) is 2.60. The van der Waals surface area contributed by atoms with E-state index in [1.54, 1.807) is 12.1 Å². The van der Waals surface area contributed by atoms with Crippen LogP contribution in [0.3, 0.4) is 0 Å². The van der Waals surface area contributed by atoms with Crippen LogP contribution in [0.25, 0.3) is 0 Å². The molecule has 0 spiro atoms. The molecule has 0 saturated carbocycles. The minimum absolute atomic E-state index is 0.190. The standard InChI is InChI=1S/C22H35FN2O2/c1-4-6-8-10-14-25(15-11-9-7-5-2)21-13-12-19(17-20(21)23)24-22(27)16-18(3)26/h12-13,17H,4-11,14-16H2,1-3H3,(H,24,27). The second kappa shape index (κ2) is 13.3. The first-order chi connectivity index (χ1) is 13.0. The van der Waals surface area contributed by atoms with Gasteiger partial charge in [0.15, 0.2) is 0 Å². The van der Waals surface area contributed by atoms with Crippen LogP contribution in [0.2, 0.25) is 0 Å². The van der Waals surface area contributed by atoms with Gasteiger partial charge in [-0.2, -0.15) is 0 Å². The van der Waals surface area contributed by atoms with Crippen molar-refractivity contribution in [2.45, 2.75) is 78.6 Å². The first kappa shape index (κ1) is 23.1. The van der Waals surface area contributed by atoms with Gasteiger partial charge in [0.1, 0.15) is 11.6 Å². The van der Waals surface area contributed by atoms with Crippen LogP contribution in [0.4, 0.5) is 15.8 Å². The summed E-state index contributed by atoms with van der Waals surface area (Å²) in [5.41, 5.74) is 0.979. The number of Topliss-reactive ketones (excluding diaryl/α,β-unsaturated/α-hetero) is 1. The molecule has 0 aliphatic heterocycles. The summed E-state index contributed by atoms with van der Waals surface area (Å²) in [5, 5.41) is 2.58. The van der Waals surface area contributed by atoms with Gasteiger partial charge in [-0.1, -0.05) is 52.4 Å². The van der Waals surface area contributed by atoms with Crippen LogP contribution in [0.5, 0.6) is 0 Å². The fourth-order valence-electron chi connectivity index (χ4n) is 3.08. The van der Waals surface area contributed by atoms with Crippen LogP contribution in [0.15, 0.2) is 18.2 Å². The van der Waals surface area contributed by atoms with Crippen molar-refractivity contribution in [2.24, 2.45) is 0 Å². The van der Waals surface area contributed by atoms with Crippen LogP contribution >= 0.6 is 0 Å². The van der Waals surface area contributed by atoms with E-state index in [1.165, 1.54) is 38.7 Å². The van der Waals surface area contributed by atoms with Crippen LogP contribution in [0, 0.1) is 5.82 Å². The molecule has 0 bridgehead atoms. The number of benzene rings is 1. The van der Waals surface area contributed by atoms with Gasteiger partial charge >= 0.3 is 0 Å². The summed E-state index contributed by atoms with van der Waals surface area (Å²) in [5.74, 6) is -0.956. The average molecular weight is 379 g/mol. The molecular formula is C22H35FN2O2. The molecule has 5 heteroatoms. The fraction of sp³-hybridized carbons (Fsp3) is 0.636. The molecule has 0 aliphatic rings. The van der Waals surface area contributed by atoms with E-state index in [1.807, 2.05) is 0 Å². The van der Waals surface area contributed by atoms with Crippen molar-refractivity contribution in [3.63, 3.8) is 0 Å². The highest BCUT2D eigenvalue weighted by atomic mass is 19.1. The normalized spacial score (nSPS) is 10.7. The fourth-order valence-corrected chi connectivity index (χ4v) is 3.08. The van der Waals surface area contributed by atoms with Crippen molar-refractivity contribution in [3.8, 4) is 0 Å². The summed E-state index contributed by atoms with van der Waals surface area (Å²) >= 11 is 0. The van der Waals surface area contributed by atoms with E-state index in [4.69, 9.17) is 0 Å². The third-order valence-corrected chi connectivity index (χ3v) is 4.54. The Kier molecular flexibility index (Phi) is 11.4. The van der Waals surface area contributed by atoms with Crippen molar-refractivity contribution >= 4 is 23.1 Å². The van der Waals surface area contributed by atoms with Crippen LogP contribution in [-0.2, 0) is 9.59 Å². The predicted molar refractivity (Wildman–Crippen MR) is 111 cm³/mol. The Labute approximate surface area is 163 Å². The van der Waals surface area contributed by atoms with Crippen molar-refractivity contribution in [1.82, 2.24) is 0 Å². The first-order valence-electron chi connectivity index (χ1n) is 10.3. The van der Waals surface area contributed by atoms with Gasteiger partial charge in [0.25, 0.3) is 0 Å². The zero-order chi connectivity index (χ0) is 20.1. The summed E-state index contributed by atoms with van der Waals surface area (Å²) in [6.45, 7) is 7.42. The number of hydrogen-bond acceptors (Lipinski definition) is 3. The lowest BCUT2D eigenvalue weighted by Gasteiger charge is -2.26. The van der Waals surface area contributed by atoms with Gasteiger partial charge in [-0.05, 0) is 38.0 Å². The summed E-state index contributed by atoms with van der Waals surface area (Å²) < 4.78 is 14.7.